The lowest BCUT2D eigenvalue weighted by atomic mass is 9.85. The van der Waals surface area contributed by atoms with Crippen molar-refractivity contribution in [3.63, 3.8) is 0 Å². The fourth-order valence-corrected chi connectivity index (χ4v) is 4.53. The van der Waals surface area contributed by atoms with Gasteiger partial charge in [-0.05, 0) is 62.5 Å². The van der Waals surface area contributed by atoms with Gasteiger partial charge in [-0.25, -0.2) is 0 Å². The van der Waals surface area contributed by atoms with Crippen LogP contribution >= 0.6 is 0 Å². The van der Waals surface area contributed by atoms with Gasteiger partial charge in [0, 0.05) is 11.5 Å². The molecule has 1 aromatic heterocycles. The molecule has 1 heteroatoms. The van der Waals surface area contributed by atoms with Crippen LogP contribution < -0.4 is 0 Å². The van der Waals surface area contributed by atoms with E-state index in [-0.39, 0.29) is 5.92 Å². The van der Waals surface area contributed by atoms with E-state index in [1.54, 1.807) is 6.26 Å². The summed E-state index contributed by atoms with van der Waals surface area (Å²) >= 11 is 0. The SMILES string of the molecule is C1=CC(c2cc(-c3ccco3)cc3ccc4ccccc4c23)c2ccccc21. The molecule has 1 aliphatic rings. The second-order valence-electron chi connectivity index (χ2n) is 7.39. The number of furan rings is 1. The molecule has 0 spiro atoms. The zero-order valence-corrected chi connectivity index (χ0v) is 15.3. The highest BCUT2D eigenvalue weighted by Gasteiger charge is 2.22. The normalized spacial score (nSPS) is 15.4. The quantitative estimate of drug-likeness (QED) is 0.299. The maximum Gasteiger partial charge on any atom is 0.133 e. The summed E-state index contributed by atoms with van der Waals surface area (Å²) in [4.78, 5) is 0. The van der Waals surface area contributed by atoms with E-state index in [1.165, 1.54) is 38.2 Å². The molecule has 0 fully saturated rings. The van der Waals surface area contributed by atoms with Crippen LogP contribution in [0.2, 0.25) is 0 Å². The fraction of sp³-hybridized carbons (Fsp3) is 0.0370. The molecule has 1 unspecified atom stereocenters. The molecular formula is C27H18O. The molecule has 0 bridgehead atoms. The third-order valence-corrected chi connectivity index (χ3v) is 5.81. The number of hydrogen-bond donors (Lipinski definition) is 0. The van der Waals surface area contributed by atoms with Gasteiger partial charge in [-0.1, -0.05) is 72.8 Å². The van der Waals surface area contributed by atoms with Crippen LogP contribution in [0.4, 0.5) is 0 Å². The molecule has 0 radical (unpaired) electrons. The Hall–Kier alpha value is -3.58. The maximum absolute atomic E-state index is 5.73. The van der Waals surface area contributed by atoms with E-state index in [9.17, 15) is 0 Å². The molecule has 1 aliphatic carbocycles. The number of fused-ring (bicyclic) bond motifs is 4. The van der Waals surface area contributed by atoms with Crippen LogP contribution in [-0.2, 0) is 0 Å². The highest BCUT2D eigenvalue weighted by atomic mass is 16.3. The van der Waals surface area contributed by atoms with Crippen LogP contribution in [0.3, 0.4) is 0 Å². The average Bonchev–Trinajstić information content (AvgIpc) is 3.43. The van der Waals surface area contributed by atoms with Gasteiger partial charge in [0.05, 0.1) is 6.26 Å². The van der Waals surface area contributed by atoms with Gasteiger partial charge in [0.1, 0.15) is 5.76 Å². The summed E-state index contributed by atoms with van der Waals surface area (Å²) in [5.41, 5.74) is 5.14. The number of allylic oxidation sites excluding steroid dienone is 1. The average molecular weight is 358 g/mol. The molecule has 132 valence electrons. The van der Waals surface area contributed by atoms with Crippen LogP contribution in [0, 0.1) is 0 Å². The second kappa shape index (κ2) is 5.97. The van der Waals surface area contributed by atoms with Crippen molar-refractivity contribution in [3.8, 4) is 11.3 Å². The minimum absolute atomic E-state index is 0.249. The Kier molecular flexibility index (Phi) is 3.30. The zero-order chi connectivity index (χ0) is 18.5. The molecule has 1 atom stereocenters. The molecule has 6 rings (SSSR count). The molecule has 28 heavy (non-hydrogen) atoms. The van der Waals surface area contributed by atoms with E-state index < -0.39 is 0 Å². The van der Waals surface area contributed by atoms with Gasteiger partial charge < -0.3 is 4.42 Å². The number of hydrogen-bond acceptors (Lipinski definition) is 1. The van der Waals surface area contributed by atoms with E-state index in [2.05, 4.69) is 84.9 Å². The lowest BCUT2D eigenvalue weighted by molar-refractivity contribution is 0.582. The summed E-state index contributed by atoms with van der Waals surface area (Å²) in [6, 6.07) is 30.3. The smallest absolute Gasteiger partial charge is 0.133 e. The van der Waals surface area contributed by atoms with Gasteiger partial charge in [-0.2, -0.15) is 0 Å². The van der Waals surface area contributed by atoms with Crippen LogP contribution in [-0.4, -0.2) is 0 Å². The summed E-state index contributed by atoms with van der Waals surface area (Å²) in [6.07, 6.45) is 6.31. The molecule has 0 saturated heterocycles. The largest absolute Gasteiger partial charge is 0.464 e. The van der Waals surface area contributed by atoms with Crippen molar-refractivity contribution in [1.82, 2.24) is 0 Å². The first-order valence-electron chi connectivity index (χ1n) is 9.65. The molecule has 0 N–H and O–H groups in total. The third kappa shape index (κ3) is 2.26. The molecule has 0 aliphatic heterocycles. The van der Waals surface area contributed by atoms with Crippen molar-refractivity contribution in [2.45, 2.75) is 5.92 Å². The maximum atomic E-state index is 5.73. The van der Waals surface area contributed by atoms with E-state index in [4.69, 9.17) is 4.42 Å². The van der Waals surface area contributed by atoms with Gasteiger partial charge in [0.2, 0.25) is 0 Å². The van der Waals surface area contributed by atoms with E-state index in [0.717, 1.165) is 11.3 Å². The predicted octanol–water partition coefficient (Wildman–Crippen LogP) is 7.41. The van der Waals surface area contributed by atoms with Gasteiger partial charge in [-0.3, -0.25) is 0 Å². The number of rotatable bonds is 2. The highest BCUT2D eigenvalue weighted by molar-refractivity contribution is 6.10. The lowest BCUT2D eigenvalue weighted by Crippen LogP contribution is -1.98. The minimum Gasteiger partial charge on any atom is -0.464 e. The Bertz CT molecular complexity index is 1360. The Balaban J connectivity index is 1.72. The summed E-state index contributed by atoms with van der Waals surface area (Å²) in [6.45, 7) is 0. The molecule has 5 aromatic rings. The van der Waals surface area contributed by atoms with Crippen molar-refractivity contribution >= 4 is 27.6 Å². The number of benzene rings is 4. The van der Waals surface area contributed by atoms with E-state index in [0.29, 0.717) is 0 Å². The first-order valence-corrected chi connectivity index (χ1v) is 9.65. The summed E-state index contributed by atoms with van der Waals surface area (Å²) < 4.78 is 5.73. The Morgan fingerprint density at radius 1 is 0.679 bits per heavy atom. The molecule has 1 heterocycles. The van der Waals surface area contributed by atoms with Crippen molar-refractivity contribution in [1.29, 1.82) is 0 Å². The lowest BCUT2D eigenvalue weighted by Gasteiger charge is -2.18. The van der Waals surface area contributed by atoms with Crippen LogP contribution in [0.1, 0.15) is 22.6 Å². The summed E-state index contributed by atoms with van der Waals surface area (Å²) in [7, 11) is 0. The van der Waals surface area contributed by atoms with Crippen molar-refractivity contribution < 1.29 is 4.42 Å². The molecule has 0 amide bonds. The van der Waals surface area contributed by atoms with Gasteiger partial charge in [-0.15, -0.1) is 0 Å². The standard InChI is InChI=1S/C27H18O/c1-3-8-22-18(6-1)13-14-24(22)25-17-21(26-10-5-15-28-26)16-20-12-11-19-7-2-4-9-23(19)27(20)25/h1-17,24H. The highest BCUT2D eigenvalue weighted by Crippen LogP contribution is 2.42. The van der Waals surface area contributed by atoms with Crippen molar-refractivity contribution in [2.24, 2.45) is 0 Å². The van der Waals surface area contributed by atoms with Crippen molar-refractivity contribution in [3.05, 3.63) is 114 Å². The molecule has 1 nitrogen and oxygen atoms in total. The molecular weight excluding hydrogens is 340 g/mol. The first kappa shape index (κ1) is 15.5. The van der Waals surface area contributed by atoms with E-state index in [1.807, 2.05) is 12.1 Å². The monoisotopic (exact) mass is 358 g/mol. The summed E-state index contributed by atoms with van der Waals surface area (Å²) in [5, 5.41) is 5.16. The molecule has 0 saturated carbocycles. The summed E-state index contributed by atoms with van der Waals surface area (Å²) in [5.74, 6) is 1.16. The van der Waals surface area contributed by atoms with Gasteiger partial charge in [0.15, 0.2) is 0 Å². The van der Waals surface area contributed by atoms with E-state index >= 15 is 0 Å². The molecule has 4 aromatic carbocycles. The fourth-order valence-electron chi connectivity index (χ4n) is 4.53. The van der Waals surface area contributed by atoms with Gasteiger partial charge >= 0.3 is 0 Å². The predicted molar refractivity (Wildman–Crippen MR) is 116 cm³/mol. The van der Waals surface area contributed by atoms with Gasteiger partial charge in [0.25, 0.3) is 0 Å². The zero-order valence-electron chi connectivity index (χ0n) is 15.3. The topological polar surface area (TPSA) is 13.1 Å². The minimum atomic E-state index is 0.249. The Labute approximate surface area is 163 Å². The van der Waals surface area contributed by atoms with Crippen molar-refractivity contribution in [2.75, 3.05) is 0 Å². The van der Waals surface area contributed by atoms with Crippen LogP contribution in [0.25, 0.3) is 38.9 Å². The van der Waals surface area contributed by atoms with Crippen LogP contribution in [0.15, 0.2) is 102 Å². The second-order valence-corrected chi connectivity index (χ2v) is 7.39. The first-order chi connectivity index (χ1) is 13.9. The third-order valence-electron chi connectivity index (χ3n) is 5.81. The Morgan fingerprint density at radius 3 is 2.46 bits per heavy atom. The van der Waals surface area contributed by atoms with Crippen LogP contribution in [0.5, 0.6) is 0 Å². The Morgan fingerprint density at radius 2 is 1.54 bits per heavy atom.